The Hall–Kier alpha value is -3.46. The zero-order valence-corrected chi connectivity index (χ0v) is 15.2. The molecular weight excluding hydrogens is 381 g/mol. The van der Waals surface area contributed by atoms with Gasteiger partial charge in [-0.25, -0.2) is 14.1 Å². The summed E-state index contributed by atoms with van der Waals surface area (Å²) in [5.74, 6) is -1.05. The number of thioether (sulfide) groups is 1. The summed E-state index contributed by atoms with van der Waals surface area (Å²) in [7, 11) is 0. The van der Waals surface area contributed by atoms with E-state index >= 15 is 0 Å². The molecule has 1 atom stereocenters. The molecule has 0 radical (unpaired) electrons. The number of fused-ring (bicyclic) bond motifs is 1. The molecule has 2 aromatic carbocycles. The molecular formula is C19H14FN5O2S. The predicted molar refractivity (Wildman–Crippen MR) is 104 cm³/mol. The molecule has 28 heavy (non-hydrogen) atoms. The normalized spacial score (nSPS) is 12.2. The van der Waals surface area contributed by atoms with Gasteiger partial charge in [-0.3, -0.25) is 9.59 Å². The second kappa shape index (κ2) is 7.28. The molecule has 9 heteroatoms. The van der Waals surface area contributed by atoms with Gasteiger partial charge in [0.25, 0.3) is 5.56 Å². The van der Waals surface area contributed by atoms with Crippen LogP contribution in [-0.2, 0) is 4.79 Å². The van der Waals surface area contributed by atoms with Crippen molar-refractivity contribution in [2.24, 2.45) is 5.73 Å². The second-order valence-corrected chi connectivity index (χ2v) is 7.05. The first-order valence-corrected chi connectivity index (χ1v) is 9.16. The number of carbonyl (C=O) groups excluding carboxylic acids is 1. The van der Waals surface area contributed by atoms with Crippen LogP contribution in [0, 0.1) is 5.82 Å². The number of H-pyrrole nitrogens is 1. The predicted octanol–water partition coefficient (Wildman–Crippen LogP) is 2.57. The summed E-state index contributed by atoms with van der Waals surface area (Å²) in [6.45, 7) is 0. The van der Waals surface area contributed by atoms with Gasteiger partial charge in [0.2, 0.25) is 5.91 Å². The summed E-state index contributed by atoms with van der Waals surface area (Å²) in [4.78, 5) is 31.5. The number of hydrogen-bond donors (Lipinski definition) is 2. The van der Waals surface area contributed by atoms with Gasteiger partial charge in [-0.15, -0.1) is 0 Å². The molecule has 140 valence electrons. The minimum absolute atomic E-state index is 0.211. The first kappa shape index (κ1) is 17.9. The fraction of sp³-hybridized carbons (Fsp3) is 0.0526. The number of aromatic nitrogens is 4. The van der Waals surface area contributed by atoms with Crippen LogP contribution < -0.4 is 11.3 Å². The highest BCUT2D eigenvalue weighted by molar-refractivity contribution is 8.00. The Bertz CT molecular complexity index is 1200. The summed E-state index contributed by atoms with van der Waals surface area (Å²) in [6.07, 6.45) is 1.44. The lowest BCUT2D eigenvalue weighted by Crippen LogP contribution is -2.20. The summed E-state index contributed by atoms with van der Waals surface area (Å²) >= 11 is 0.987. The zero-order valence-electron chi connectivity index (χ0n) is 14.4. The molecule has 0 saturated carbocycles. The van der Waals surface area contributed by atoms with Crippen LogP contribution in [0.2, 0.25) is 0 Å². The fourth-order valence-corrected chi connectivity index (χ4v) is 3.68. The van der Waals surface area contributed by atoms with Gasteiger partial charge in [-0.05, 0) is 29.8 Å². The van der Waals surface area contributed by atoms with Crippen molar-refractivity contribution in [2.75, 3.05) is 0 Å². The fourth-order valence-electron chi connectivity index (χ4n) is 2.75. The number of primary amides is 1. The van der Waals surface area contributed by atoms with E-state index in [0.717, 1.165) is 17.4 Å². The number of aromatic amines is 1. The first-order valence-electron chi connectivity index (χ1n) is 8.28. The molecule has 1 amide bonds. The van der Waals surface area contributed by atoms with Crippen LogP contribution in [0.1, 0.15) is 10.8 Å². The third-order valence-electron chi connectivity index (χ3n) is 4.08. The van der Waals surface area contributed by atoms with E-state index < -0.39 is 17.0 Å². The van der Waals surface area contributed by atoms with E-state index in [0.29, 0.717) is 16.6 Å². The van der Waals surface area contributed by atoms with Gasteiger partial charge in [0.1, 0.15) is 16.5 Å². The Labute approximate surface area is 162 Å². The molecule has 0 bridgehead atoms. The minimum Gasteiger partial charge on any atom is -0.368 e. The lowest BCUT2D eigenvalue weighted by atomic mass is 10.1. The molecule has 3 N–H and O–H groups in total. The van der Waals surface area contributed by atoms with Crippen LogP contribution in [0.5, 0.6) is 0 Å². The van der Waals surface area contributed by atoms with Crippen LogP contribution in [0.25, 0.3) is 16.7 Å². The van der Waals surface area contributed by atoms with E-state index in [1.54, 1.807) is 4.68 Å². The maximum atomic E-state index is 13.2. The standard InChI is InChI=1S/C19H14FN5O2S/c20-12-8-6-11(7-9-12)15(16(21)26)28-19-23-17-14(18(27)24-19)10-22-25(17)13-4-2-1-3-5-13/h1-10,15H,(H2,21,26)(H,23,24,27). The SMILES string of the molecule is NC(=O)C(Sc1nc2c(cnn2-c2ccccc2)c(=O)[nH]1)c1ccc(F)cc1. The second-order valence-electron chi connectivity index (χ2n) is 5.95. The Kier molecular flexibility index (Phi) is 4.66. The maximum Gasteiger partial charge on any atom is 0.262 e. The molecule has 4 rings (SSSR count). The number of benzene rings is 2. The van der Waals surface area contributed by atoms with E-state index in [9.17, 15) is 14.0 Å². The van der Waals surface area contributed by atoms with Crippen molar-refractivity contribution in [3.8, 4) is 5.69 Å². The van der Waals surface area contributed by atoms with E-state index in [1.807, 2.05) is 30.3 Å². The zero-order chi connectivity index (χ0) is 19.7. The van der Waals surface area contributed by atoms with Gasteiger partial charge >= 0.3 is 0 Å². The molecule has 0 aliphatic carbocycles. The molecule has 0 spiro atoms. The van der Waals surface area contributed by atoms with Gasteiger partial charge < -0.3 is 10.7 Å². The lowest BCUT2D eigenvalue weighted by Gasteiger charge is -2.13. The molecule has 0 aliphatic heterocycles. The van der Waals surface area contributed by atoms with Crippen molar-refractivity contribution in [2.45, 2.75) is 10.4 Å². The average molecular weight is 395 g/mol. The van der Waals surface area contributed by atoms with Crippen molar-refractivity contribution in [1.82, 2.24) is 19.7 Å². The van der Waals surface area contributed by atoms with Gasteiger partial charge in [0, 0.05) is 0 Å². The quantitative estimate of drug-likeness (QED) is 0.399. The number of nitrogens with one attached hydrogen (secondary N) is 1. The van der Waals surface area contributed by atoms with Gasteiger partial charge in [-0.1, -0.05) is 42.1 Å². The number of carbonyl (C=O) groups is 1. The third-order valence-corrected chi connectivity index (χ3v) is 5.23. The Morgan fingerprint density at radius 2 is 1.86 bits per heavy atom. The highest BCUT2D eigenvalue weighted by Gasteiger charge is 2.22. The van der Waals surface area contributed by atoms with Crippen LogP contribution >= 0.6 is 11.8 Å². The van der Waals surface area contributed by atoms with E-state index in [2.05, 4.69) is 15.1 Å². The Balaban J connectivity index is 1.77. The molecule has 7 nitrogen and oxygen atoms in total. The van der Waals surface area contributed by atoms with Crippen LogP contribution in [0.15, 0.2) is 70.7 Å². The minimum atomic E-state index is -0.839. The molecule has 0 fully saturated rings. The largest absolute Gasteiger partial charge is 0.368 e. The molecule has 0 aliphatic rings. The van der Waals surface area contributed by atoms with Gasteiger partial charge in [0.15, 0.2) is 10.8 Å². The number of nitrogens with zero attached hydrogens (tertiary/aromatic N) is 3. The van der Waals surface area contributed by atoms with Crippen LogP contribution in [0.3, 0.4) is 0 Å². The summed E-state index contributed by atoms with van der Waals surface area (Å²) in [6, 6.07) is 14.7. The smallest absolute Gasteiger partial charge is 0.262 e. The van der Waals surface area contributed by atoms with Crippen molar-refractivity contribution in [3.63, 3.8) is 0 Å². The summed E-state index contributed by atoms with van der Waals surface area (Å²) in [5, 5.41) is 3.94. The molecule has 1 unspecified atom stereocenters. The lowest BCUT2D eigenvalue weighted by molar-refractivity contribution is -0.117. The van der Waals surface area contributed by atoms with E-state index in [-0.39, 0.29) is 10.7 Å². The number of rotatable bonds is 5. The summed E-state index contributed by atoms with van der Waals surface area (Å²) in [5.41, 5.74) is 6.76. The Morgan fingerprint density at radius 3 is 2.54 bits per heavy atom. The Morgan fingerprint density at radius 1 is 1.14 bits per heavy atom. The van der Waals surface area contributed by atoms with Crippen molar-refractivity contribution < 1.29 is 9.18 Å². The molecule has 2 heterocycles. The molecule has 4 aromatic rings. The van der Waals surface area contributed by atoms with Crippen molar-refractivity contribution in [1.29, 1.82) is 0 Å². The topological polar surface area (TPSA) is 107 Å². The third kappa shape index (κ3) is 3.39. The maximum absolute atomic E-state index is 13.2. The molecule has 2 aromatic heterocycles. The first-order chi connectivity index (χ1) is 13.5. The monoisotopic (exact) mass is 395 g/mol. The number of para-hydroxylation sites is 1. The molecule has 0 saturated heterocycles. The number of nitrogens with two attached hydrogens (primary N) is 1. The van der Waals surface area contributed by atoms with Crippen molar-refractivity contribution in [3.05, 3.63) is 82.5 Å². The number of amides is 1. The van der Waals surface area contributed by atoms with Crippen molar-refractivity contribution >= 4 is 28.7 Å². The summed E-state index contributed by atoms with van der Waals surface area (Å²) < 4.78 is 14.7. The average Bonchev–Trinajstić information content (AvgIpc) is 3.12. The number of hydrogen-bond acceptors (Lipinski definition) is 5. The van der Waals surface area contributed by atoms with Crippen LogP contribution in [0.4, 0.5) is 4.39 Å². The van der Waals surface area contributed by atoms with Gasteiger partial charge in [0.05, 0.1) is 11.9 Å². The number of halogens is 1. The van der Waals surface area contributed by atoms with Gasteiger partial charge in [-0.2, -0.15) is 5.10 Å². The van der Waals surface area contributed by atoms with E-state index in [4.69, 9.17) is 5.73 Å². The van der Waals surface area contributed by atoms with Crippen LogP contribution in [-0.4, -0.2) is 25.7 Å². The highest BCUT2D eigenvalue weighted by atomic mass is 32.2. The highest BCUT2D eigenvalue weighted by Crippen LogP contribution is 2.33. The van der Waals surface area contributed by atoms with E-state index in [1.165, 1.54) is 30.5 Å².